The number of aromatic nitrogens is 2. The predicted molar refractivity (Wildman–Crippen MR) is 73.2 cm³/mol. The molecular formula is C12H20ClN3O3. The molecule has 0 unspecified atom stereocenters. The Labute approximate surface area is 117 Å². The van der Waals surface area contributed by atoms with Gasteiger partial charge in [0.05, 0.1) is 18.8 Å². The van der Waals surface area contributed by atoms with Crippen molar-refractivity contribution in [2.45, 2.75) is 32.4 Å². The number of hydrogen-bond acceptors (Lipinski definition) is 6. The molecule has 108 valence electrons. The average Bonchev–Trinajstić information content (AvgIpc) is 2.42. The molecule has 0 spiro atoms. The average molecular weight is 290 g/mol. The highest BCUT2D eigenvalue weighted by Gasteiger charge is 2.27. The first-order valence-corrected chi connectivity index (χ1v) is 6.58. The van der Waals surface area contributed by atoms with Crippen LogP contribution in [0.1, 0.15) is 26.1 Å². The molecule has 1 heterocycles. The quantitative estimate of drug-likeness (QED) is 0.624. The second kappa shape index (κ2) is 7.59. The van der Waals surface area contributed by atoms with E-state index >= 15 is 0 Å². The van der Waals surface area contributed by atoms with Crippen LogP contribution in [0.15, 0.2) is 6.07 Å². The van der Waals surface area contributed by atoms with Gasteiger partial charge in [-0.25, -0.2) is 9.97 Å². The molecule has 0 aliphatic carbocycles. The summed E-state index contributed by atoms with van der Waals surface area (Å²) < 4.78 is 5.23. The number of aliphatic hydroxyl groups excluding tert-OH is 2. The van der Waals surface area contributed by atoms with Crippen LogP contribution in [0.2, 0.25) is 5.15 Å². The molecule has 1 aromatic rings. The molecule has 0 bridgehead atoms. The van der Waals surface area contributed by atoms with E-state index < -0.39 is 5.54 Å². The highest BCUT2D eigenvalue weighted by Crippen LogP contribution is 2.19. The maximum absolute atomic E-state index is 9.39. The maximum Gasteiger partial charge on any atom is 0.158 e. The number of halogens is 1. The van der Waals surface area contributed by atoms with E-state index in [1.807, 2.05) is 13.8 Å². The molecule has 0 aliphatic rings. The molecule has 0 amide bonds. The van der Waals surface area contributed by atoms with Gasteiger partial charge in [-0.1, -0.05) is 18.5 Å². The first-order chi connectivity index (χ1) is 9.09. The summed E-state index contributed by atoms with van der Waals surface area (Å²) in [6.45, 7) is 4.16. The molecule has 7 heteroatoms. The Morgan fingerprint density at radius 3 is 2.53 bits per heavy atom. The first-order valence-electron chi connectivity index (χ1n) is 6.20. The minimum atomic E-state index is -0.819. The molecule has 6 nitrogen and oxygen atoms in total. The van der Waals surface area contributed by atoms with Crippen LogP contribution < -0.4 is 5.32 Å². The maximum atomic E-state index is 9.39. The van der Waals surface area contributed by atoms with Crippen molar-refractivity contribution >= 4 is 17.4 Å². The van der Waals surface area contributed by atoms with Gasteiger partial charge in [-0.3, -0.25) is 0 Å². The van der Waals surface area contributed by atoms with E-state index in [1.165, 1.54) is 0 Å². The van der Waals surface area contributed by atoms with Crippen LogP contribution in [0.25, 0.3) is 0 Å². The topological polar surface area (TPSA) is 87.5 Å². The summed E-state index contributed by atoms with van der Waals surface area (Å²) in [6.07, 6.45) is 0.544. The third-order valence-corrected chi connectivity index (χ3v) is 3.05. The zero-order valence-electron chi connectivity index (χ0n) is 11.2. The van der Waals surface area contributed by atoms with Crippen LogP contribution in [-0.4, -0.2) is 45.5 Å². The van der Waals surface area contributed by atoms with E-state index in [1.54, 1.807) is 6.07 Å². The summed E-state index contributed by atoms with van der Waals surface area (Å²) in [5.74, 6) is 0.914. The lowest BCUT2D eigenvalue weighted by atomic mass is 9.98. The van der Waals surface area contributed by atoms with Crippen LogP contribution in [0.5, 0.6) is 0 Å². The summed E-state index contributed by atoms with van der Waals surface area (Å²) in [5, 5.41) is 22.1. The van der Waals surface area contributed by atoms with Gasteiger partial charge in [-0.2, -0.15) is 0 Å². The van der Waals surface area contributed by atoms with Gasteiger partial charge in [-0.05, 0) is 13.3 Å². The summed E-state index contributed by atoms with van der Waals surface area (Å²) in [7, 11) is 0. The van der Waals surface area contributed by atoms with Gasteiger partial charge in [0, 0.05) is 12.7 Å². The van der Waals surface area contributed by atoms with Crippen molar-refractivity contribution in [3.8, 4) is 0 Å². The molecule has 0 saturated heterocycles. The lowest BCUT2D eigenvalue weighted by Gasteiger charge is -2.30. The number of hydrogen-bond donors (Lipinski definition) is 3. The van der Waals surface area contributed by atoms with Crippen molar-refractivity contribution < 1.29 is 14.9 Å². The molecule has 0 fully saturated rings. The second-order valence-corrected chi connectivity index (χ2v) is 4.59. The van der Waals surface area contributed by atoms with Gasteiger partial charge in [0.15, 0.2) is 5.82 Å². The highest BCUT2D eigenvalue weighted by atomic mass is 35.5. The van der Waals surface area contributed by atoms with Crippen molar-refractivity contribution in [3.63, 3.8) is 0 Å². The molecule has 19 heavy (non-hydrogen) atoms. The van der Waals surface area contributed by atoms with Crippen LogP contribution in [0.4, 0.5) is 5.82 Å². The second-order valence-electron chi connectivity index (χ2n) is 4.20. The van der Waals surface area contributed by atoms with Gasteiger partial charge in [-0.15, -0.1) is 0 Å². The Hall–Kier alpha value is -0.950. The fourth-order valence-electron chi connectivity index (χ4n) is 1.50. The van der Waals surface area contributed by atoms with E-state index in [0.717, 1.165) is 0 Å². The van der Waals surface area contributed by atoms with Crippen LogP contribution in [0, 0.1) is 0 Å². The molecule has 0 aliphatic heterocycles. The Bertz CT molecular complexity index is 392. The SMILES string of the molecule is CCOCc1nc(Cl)cc(NC(CC)(CO)CO)n1. The number of anilines is 1. The van der Waals surface area contributed by atoms with Crippen molar-refractivity contribution in [1.29, 1.82) is 0 Å². The minimum Gasteiger partial charge on any atom is -0.394 e. The smallest absolute Gasteiger partial charge is 0.158 e. The van der Waals surface area contributed by atoms with Gasteiger partial charge in [0.25, 0.3) is 0 Å². The van der Waals surface area contributed by atoms with Crippen LogP contribution >= 0.6 is 11.6 Å². The van der Waals surface area contributed by atoms with E-state index in [9.17, 15) is 10.2 Å². The summed E-state index contributed by atoms with van der Waals surface area (Å²) in [5.41, 5.74) is -0.819. The van der Waals surface area contributed by atoms with Crippen LogP contribution in [-0.2, 0) is 11.3 Å². The number of aliphatic hydroxyl groups is 2. The zero-order chi connectivity index (χ0) is 14.3. The molecule has 1 aromatic heterocycles. The molecule has 0 radical (unpaired) electrons. The fraction of sp³-hybridized carbons (Fsp3) is 0.667. The zero-order valence-corrected chi connectivity index (χ0v) is 11.9. The molecule has 0 aromatic carbocycles. The summed E-state index contributed by atoms with van der Waals surface area (Å²) in [6, 6.07) is 1.55. The minimum absolute atomic E-state index is 0.206. The standard InChI is InChI=1S/C12H20ClN3O3/c1-3-12(7-17,8-18)16-10-5-9(13)14-11(15-10)6-19-4-2/h5,17-18H,3-4,6-8H2,1-2H3,(H,14,15,16). The monoisotopic (exact) mass is 289 g/mol. The predicted octanol–water partition coefficient (Wildman–Crippen LogP) is 1.21. The van der Waals surface area contributed by atoms with Gasteiger partial charge >= 0.3 is 0 Å². The Balaban J connectivity index is 2.90. The van der Waals surface area contributed by atoms with Gasteiger partial charge in [0.2, 0.25) is 0 Å². The molecular weight excluding hydrogens is 270 g/mol. The highest BCUT2D eigenvalue weighted by molar-refractivity contribution is 6.29. The van der Waals surface area contributed by atoms with Crippen molar-refractivity contribution in [3.05, 3.63) is 17.0 Å². The van der Waals surface area contributed by atoms with E-state index in [4.69, 9.17) is 16.3 Å². The largest absolute Gasteiger partial charge is 0.394 e. The Morgan fingerprint density at radius 1 is 1.32 bits per heavy atom. The molecule has 3 N–H and O–H groups in total. The van der Waals surface area contributed by atoms with Gasteiger partial charge in [0.1, 0.15) is 17.6 Å². The summed E-state index contributed by atoms with van der Waals surface area (Å²) >= 11 is 5.92. The van der Waals surface area contributed by atoms with E-state index in [0.29, 0.717) is 24.7 Å². The summed E-state index contributed by atoms with van der Waals surface area (Å²) in [4.78, 5) is 8.29. The number of rotatable bonds is 8. The van der Waals surface area contributed by atoms with E-state index in [-0.39, 0.29) is 25.0 Å². The number of nitrogens with one attached hydrogen (secondary N) is 1. The van der Waals surface area contributed by atoms with E-state index in [2.05, 4.69) is 15.3 Å². The fourth-order valence-corrected chi connectivity index (χ4v) is 1.70. The Morgan fingerprint density at radius 2 is 2.00 bits per heavy atom. The van der Waals surface area contributed by atoms with Crippen molar-refractivity contribution in [1.82, 2.24) is 9.97 Å². The number of ether oxygens (including phenoxy) is 1. The lowest BCUT2D eigenvalue weighted by molar-refractivity contribution is 0.127. The molecule has 0 atom stereocenters. The normalized spacial score (nSPS) is 11.6. The molecule has 1 rings (SSSR count). The van der Waals surface area contributed by atoms with Crippen molar-refractivity contribution in [2.24, 2.45) is 0 Å². The lowest BCUT2D eigenvalue weighted by Crippen LogP contribution is -2.45. The molecule has 0 saturated carbocycles. The first kappa shape index (κ1) is 16.1. The third kappa shape index (κ3) is 4.58. The number of nitrogens with zero attached hydrogens (tertiary/aromatic N) is 2. The van der Waals surface area contributed by atoms with Crippen molar-refractivity contribution in [2.75, 3.05) is 25.1 Å². The Kier molecular flexibility index (Phi) is 6.44. The van der Waals surface area contributed by atoms with Crippen LogP contribution in [0.3, 0.4) is 0 Å². The third-order valence-electron chi connectivity index (χ3n) is 2.85. The van der Waals surface area contributed by atoms with Gasteiger partial charge < -0.3 is 20.3 Å².